The van der Waals surface area contributed by atoms with Gasteiger partial charge in [0.1, 0.15) is 17.9 Å². The Balaban J connectivity index is 1.28. The molecule has 3 aromatic rings. The van der Waals surface area contributed by atoms with Gasteiger partial charge in [0, 0.05) is 26.2 Å². The van der Waals surface area contributed by atoms with Crippen molar-refractivity contribution in [3.8, 4) is 17.6 Å². The molecule has 1 saturated heterocycles. The molecule has 1 unspecified atom stereocenters. The van der Waals surface area contributed by atoms with Gasteiger partial charge in [0.25, 0.3) is 5.56 Å². The molecule has 2 aromatic heterocycles. The van der Waals surface area contributed by atoms with Gasteiger partial charge in [0.2, 0.25) is 11.9 Å². The average molecular weight is 616 g/mol. The summed E-state index contributed by atoms with van der Waals surface area (Å²) in [5.41, 5.74) is -1.83. The molecule has 1 atom stereocenters. The number of amides is 1. The van der Waals surface area contributed by atoms with Gasteiger partial charge in [-0.2, -0.15) is 23.5 Å². The lowest BCUT2D eigenvalue weighted by molar-refractivity contribution is -0.141. The first-order valence-electron chi connectivity index (χ1n) is 13.9. The Morgan fingerprint density at radius 3 is 2.36 bits per heavy atom. The van der Waals surface area contributed by atoms with Gasteiger partial charge in [-0.25, -0.2) is 14.6 Å². The third-order valence-corrected chi connectivity index (χ3v) is 6.98. The Labute approximate surface area is 251 Å². The van der Waals surface area contributed by atoms with E-state index in [0.29, 0.717) is 55.4 Å². The number of hydrogen-bond acceptors (Lipinski definition) is 10. The third-order valence-electron chi connectivity index (χ3n) is 6.98. The second-order valence-electron chi connectivity index (χ2n) is 9.92. The molecule has 0 N–H and O–H groups in total. The molecule has 1 aliphatic heterocycles. The molecule has 1 aromatic carbocycles. The van der Waals surface area contributed by atoms with Gasteiger partial charge < -0.3 is 24.0 Å². The van der Waals surface area contributed by atoms with Crippen molar-refractivity contribution in [3.63, 3.8) is 0 Å². The number of halogens is 3. The number of aromatic nitrogens is 4. The van der Waals surface area contributed by atoms with Crippen molar-refractivity contribution < 1.29 is 32.2 Å². The molecule has 234 valence electrons. The third kappa shape index (κ3) is 8.22. The van der Waals surface area contributed by atoms with Crippen molar-refractivity contribution in [2.24, 2.45) is 0 Å². The van der Waals surface area contributed by atoms with Gasteiger partial charge in [0.15, 0.2) is 11.3 Å². The fourth-order valence-electron chi connectivity index (χ4n) is 4.49. The maximum atomic E-state index is 14.0. The van der Waals surface area contributed by atoms with Crippen molar-refractivity contribution in [1.29, 1.82) is 5.26 Å². The Kier molecular flexibility index (Phi) is 10.7. The minimum Gasteiger partial charge on any atom is -0.497 e. The van der Waals surface area contributed by atoms with E-state index in [0.717, 1.165) is 10.9 Å². The molecule has 0 bridgehead atoms. The van der Waals surface area contributed by atoms with Crippen molar-refractivity contribution >= 4 is 11.9 Å². The van der Waals surface area contributed by atoms with Crippen LogP contribution in [0.3, 0.4) is 0 Å². The highest BCUT2D eigenvalue weighted by atomic mass is 19.4. The number of piperazine rings is 1. The number of nitrogens with zero attached hydrogens (tertiary/aromatic N) is 7. The second kappa shape index (κ2) is 14.6. The molecular weight excluding hydrogens is 583 g/mol. The highest BCUT2D eigenvalue weighted by molar-refractivity contribution is 5.76. The zero-order valence-corrected chi connectivity index (χ0v) is 24.3. The quantitative estimate of drug-likeness (QED) is 0.280. The van der Waals surface area contributed by atoms with Crippen molar-refractivity contribution in [2.45, 2.75) is 38.6 Å². The monoisotopic (exact) mass is 615 g/mol. The molecule has 12 nitrogen and oxygen atoms in total. The van der Waals surface area contributed by atoms with E-state index in [1.807, 2.05) is 11.0 Å². The van der Waals surface area contributed by atoms with Crippen molar-refractivity contribution in [2.75, 3.05) is 51.4 Å². The summed E-state index contributed by atoms with van der Waals surface area (Å²) in [4.78, 5) is 37.5. The predicted molar refractivity (Wildman–Crippen MR) is 151 cm³/mol. The van der Waals surface area contributed by atoms with E-state index in [1.165, 1.54) is 19.5 Å². The van der Waals surface area contributed by atoms with Gasteiger partial charge in [0.05, 0.1) is 57.4 Å². The Hall–Kier alpha value is -4.71. The summed E-state index contributed by atoms with van der Waals surface area (Å²) < 4.78 is 58.9. The summed E-state index contributed by atoms with van der Waals surface area (Å²) in [6, 6.07) is 8.50. The lowest BCUT2D eigenvalue weighted by Crippen LogP contribution is -2.49. The summed E-state index contributed by atoms with van der Waals surface area (Å²) in [6.07, 6.45) is -1.62. The summed E-state index contributed by atoms with van der Waals surface area (Å²) in [5.74, 6) is 0.261. The molecule has 3 heterocycles. The van der Waals surface area contributed by atoms with Crippen LogP contribution >= 0.6 is 0 Å². The minimum absolute atomic E-state index is 0.0471. The zero-order valence-electron chi connectivity index (χ0n) is 24.3. The number of carbonyl (C=O) groups is 1. The highest BCUT2D eigenvalue weighted by Crippen LogP contribution is 2.33. The topological polar surface area (TPSA) is 136 Å². The van der Waals surface area contributed by atoms with E-state index in [4.69, 9.17) is 19.5 Å². The standard InChI is InChI=1S/C29H32F3N7O5/c1-3-22(19-43-13-8-25(40)37-9-11-38(12-10-37)28-34-15-21(14-33)16-35-28)44-24-17-36-39(27(41)26(24)29(30,31)32)18-20-4-6-23(42-2)7-5-20/h4-7,15-17,22H,3,8-13,18-19H2,1-2H3. The summed E-state index contributed by atoms with van der Waals surface area (Å²) >= 11 is 0. The fraction of sp³-hybridized carbons (Fsp3) is 0.448. The van der Waals surface area contributed by atoms with Crippen LogP contribution in [-0.2, 0) is 22.3 Å². The van der Waals surface area contributed by atoms with Crippen LogP contribution in [0.25, 0.3) is 0 Å². The van der Waals surface area contributed by atoms with Crippen LogP contribution in [0, 0.1) is 11.3 Å². The van der Waals surface area contributed by atoms with Crippen LogP contribution in [0.4, 0.5) is 19.1 Å². The van der Waals surface area contributed by atoms with E-state index < -0.39 is 29.2 Å². The van der Waals surface area contributed by atoms with E-state index in [9.17, 15) is 22.8 Å². The summed E-state index contributed by atoms with van der Waals surface area (Å²) in [7, 11) is 1.49. The van der Waals surface area contributed by atoms with Crippen LogP contribution in [0.15, 0.2) is 47.7 Å². The summed E-state index contributed by atoms with van der Waals surface area (Å²) in [6.45, 7) is 3.48. The van der Waals surface area contributed by atoms with Crippen molar-refractivity contribution in [1.82, 2.24) is 24.6 Å². The Bertz CT molecular complexity index is 1500. The number of ether oxygens (including phenoxy) is 3. The first-order valence-corrected chi connectivity index (χ1v) is 13.9. The van der Waals surface area contributed by atoms with Crippen LogP contribution in [0.1, 0.15) is 36.5 Å². The molecule has 15 heteroatoms. The Morgan fingerprint density at radius 1 is 1.09 bits per heavy atom. The van der Waals surface area contributed by atoms with E-state index in [2.05, 4.69) is 15.1 Å². The number of nitriles is 1. The van der Waals surface area contributed by atoms with Gasteiger partial charge in [-0.05, 0) is 24.1 Å². The molecule has 44 heavy (non-hydrogen) atoms. The van der Waals surface area contributed by atoms with Gasteiger partial charge in [-0.1, -0.05) is 19.1 Å². The Morgan fingerprint density at radius 2 is 1.77 bits per heavy atom. The van der Waals surface area contributed by atoms with Crippen LogP contribution in [-0.4, -0.2) is 83.2 Å². The van der Waals surface area contributed by atoms with Crippen LogP contribution in [0.2, 0.25) is 0 Å². The van der Waals surface area contributed by atoms with Crippen molar-refractivity contribution in [3.05, 3.63) is 69.9 Å². The highest BCUT2D eigenvalue weighted by Gasteiger charge is 2.39. The molecule has 0 radical (unpaired) electrons. The SMILES string of the molecule is CCC(COCCC(=O)N1CCN(c2ncc(C#N)cn2)CC1)Oc1cnn(Cc2ccc(OC)cc2)c(=O)c1C(F)(F)F. The van der Waals surface area contributed by atoms with Crippen LogP contribution in [0.5, 0.6) is 11.5 Å². The predicted octanol–water partition coefficient (Wildman–Crippen LogP) is 2.89. The molecule has 0 saturated carbocycles. The number of rotatable bonds is 12. The molecular formula is C29H32F3N7O5. The van der Waals surface area contributed by atoms with Gasteiger partial charge >= 0.3 is 6.18 Å². The van der Waals surface area contributed by atoms with Gasteiger partial charge in [-0.15, -0.1) is 0 Å². The van der Waals surface area contributed by atoms with E-state index >= 15 is 0 Å². The first-order chi connectivity index (χ1) is 21.1. The molecule has 0 aliphatic carbocycles. The van der Waals surface area contributed by atoms with E-state index in [1.54, 1.807) is 36.1 Å². The van der Waals surface area contributed by atoms with E-state index in [-0.39, 0.29) is 32.1 Å². The average Bonchev–Trinajstić information content (AvgIpc) is 3.03. The molecule has 0 spiro atoms. The zero-order chi connectivity index (χ0) is 31.7. The lowest BCUT2D eigenvalue weighted by atomic mass is 10.2. The first kappa shape index (κ1) is 32.2. The number of carbonyl (C=O) groups excluding carboxylic acids is 1. The molecule has 4 rings (SSSR count). The number of anilines is 1. The maximum absolute atomic E-state index is 14.0. The summed E-state index contributed by atoms with van der Waals surface area (Å²) in [5, 5.41) is 12.8. The minimum atomic E-state index is -4.97. The van der Waals surface area contributed by atoms with Gasteiger partial charge in [-0.3, -0.25) is 9.59 Å². The molecule has 1 amide bonds. The lowest BCUT2D eigenvalue weighted by Gasteiger charge is -2.34. The number of methoxy groups -OCH3 is 1. The maximum Gasteiger partial charge on any atom is 0.425 e. The second-order valence-corrected chi connectivity index (χ2v) is 9.92. The number of hydrogen-bond donors (Lipinski definition) is 0. The fourth-order valence-corrected chi connectivity index (χ4v) is 4.49. The smallest absolute Gasteiger partial charge is 0.425 e. The molecule has 1 fully saturated rings. The number of benzene rings is 1. The largest absolute Gasteiger partial charge is 0.497 e. The normalized spacial score (nSPS) is 14.2. The van der Waals surface area contributed by atoms with Crippen LogP contribution < -0.4 is 19.9 Å². The molecule has 1 aliphatic rings. The number of alkyl halides is 3.